The predicted octanol–water partition coefficient (Wildman–Crippen LogP) is 1.28. The molecule has 0 radical (unpaired) electrons. The number of benzene rings is 1. The summed E-state index contributed by atoms with van der Waals surface area (Å²) in [6, 6.07) is 8.89. The topological polar surface area (TPSA) is 68.5 Å². The summed E-state index contributed by atoms with van der Waals surface area (Å²) in [6.45, 7) is 1.59. The van der Waals surface area contributed by atoms with E-state index in [4.69, 9.17) is 19.5 Å². The van der Waals surface area contributed by atoms with E-state index in [9.17, 15) is 4.79 Å². The van der Waals surface area contributed by atoms with Crippen LogP contribution in [0.25, 0.3) is 0 Å². The molecule has 1 aliphatic rings. The second-order valence-corrected chi connectivity index (χ2v) is 3.57. The Balaban J connectivity index is 2.03. The number of ether oxygens (including phenoxy) is 3. The minimum atomic E-state index is -0.819. The van der Waals surface area contributed by atoms with E-state index >= 15 is 0 Å². The van der Waals surface area contributed by atoms with Gasteiger partial charge in [0.05, 0.1) is 0 Å². The van der Waals surface area contributed by atoms with Crippen molar-refractivity contribution in [1.82, 2.24) is 0 Å². The van der Waals surface area contributed by atoms with Crippen LogP contribution in [0.2, 0.25) is 0 Å². The van der Waals surface area contributed by atoms with Gasteiger partial charge in [0, 0.05) is 0 Å². The van der Waals surface area contributed by atoms with Crippen LogP contribution in [-0.2, 0) is 9.53 Å². The fourth-order valence-corrected chi connectivity index (χ4v) is 1.41. The van der Waals surface area contributed by atoms with Crippen molar-refractivity contribution in [2.75, 3.05) is 6.61 Å². The average Bonchev–Trinajstić information content (AvgIpc) is 2.38. The highest BCUT2D eigenvalue weighted by Crippen LogP contribution is 2.31. The van der Waals surface area contributed by atoms with Crippen LogP contribution in [0, 0.1) is 11.3 Å². The molecule has 0 aromatic heterocycles. The Labute approximate surface area is 98.5 Å². The zero-order valence-electron chi connectivity index (χ0n) is 9.25. The average molecular weight is 233 g/mol. The van der Waals surface area contributed by atoms with E-state index < -0.39 is 18.2 Å². The first kappa shape index (κ1) is 11.3. The fraction of sp³-hybridized carbons (Fsp3) is 0.333. The molecule has 0 aliphatic carbocycles. The van der Waals surface area contributed by atoms with E-state index in [-0.39, 0.29) is 6.61 Å². The fourth-order valence-electron chi connectivity index (χ4n) is 1.41. The van der Waals surface area contributed by atoms with Crippen molar-refractivity contribution in [1.29, 1.82) is 5.26 Å². The van der Waals surface area contributed by atoms with Crippen LogP contribution in [0.4, 0.5) is 0 Å². The highest BCUT2D eigenvalue weighted by Gasteiger charge is 2.29. The van der Waals surface area contributed by atoms with Gasteiger partial charge in [0.2, 0.25) is 6.10 Å². The molecule has 0 N–H and O–H groups in total. The third-order valence-corrected chi connectivity index (χ3v) is 2.25. The molecule has 2 atom stereocenters. The van der Waals surface area contributed by atoms with Crippen molar-refractivity contribution in [2.24, 2.45) is 0 Å². The molecule has 88 valence electrons. The summed E-state index contributed by atoms with van der Waals surface area (Å²) in [7, 11) is 0. The molecule has 0 fully saturated rings. The minimum Gasteiger partial charge on any atom is -0.485 e. The van der Waals surface area contributed by atoms with Crippen LogP contribution in [0.15, 0.2) is 24.3 Å². The molecule has 0 amide bonds. The number of para-hydroxylation sites is 2. The van der Waals surface area contributed by atoms with E-state index in [1.807, 2.05) is 12.1 Å². The van der Waals surface area contributed by atoms with Gasteiger partial charge in [0.1, 0.15) is 12.7 Å². The number of carbonyl (C=O) groups excluding carboxylic acids is 1. The number of rotatable bonds is 2. The number of nitrogens with zero attached hydrogens (tertiary/aromatic N) is 1. The summed E-state index contributed by atoms with van der Waals surface area (Å²) >= 11 is 0. The quantitative estimate of drug-likeness (QED) is 0.720. The maximum Gasteiger partial charge on any atom is 0.352 e. The maximum atomic E-state index is 11.6. The summed E-state index contributed by atoms with van der Waals surface area (Å²) in [5, 5.41) is 8.54. The Hall–Kier alpha value is -2.22. The van der Waals surface area contributed by atoms with Crippen LogP contribution < -0.4 is 9.47 Å². The first-order valence-electron chi connectivity index (χ1n) is 5.19. The van der Waals surface area contributed by atoms with Crippen LogP contribution in [0.1, 0.15) is 6.92 Å². The molecule has 0 spiro atoms. The molecular formula is C12H11NO4. The standard InChI is InChI=1S/C12H11NO4/c1-8(6-13)16-12(14)11-7-15-9-4-2-3-5-10(9)17-11/h2-5,8,11H,7H2,1H3/t8-,11+/m0/s1. The summed E-state index contributed by atoms with van der Waals surface area (Å²) in [5.74, 6) is 0.517. The summed E-state index contributed by atoms with van der Waals surface area (Å²) < 4.78 is 15.6. The third kappa shape index (κ3) is 2.48. The highest BCUT2D eigenvalue weighted by atomic mass is 16.6. The van der Waals surface area contributed by atoms with E-state index in [0.29, 0.717) is 11.5 Å². The van der Waals surface area contributed by atoms with Gasteiger partial charge in [-0.1, -0.05) is 12.1 Å². The molecule has 5 nitrogen and oxygen atoms in total. The highest BCUT2D eigenvalue weighted by molar-refractivity contribution is 5.76. The molecule has 5 heteroatoms. The van der Waals surface area contributed by atoms with Gasteiger partial charge in [-0.25, -0.2) is 4.79 Å². The predicted molar refractivity (Wildman–Crippen MR) is 57.5 cm³/mol. The molecule has 0 saturated carbocycles. The first-order valence-corrected chi connectivity index (χ1v) is 5.19. The van der Waals surface area contributed by atoms with Gasteiger partial charge >= 0.3 is 5.97 Å². The molecule has 1 aliphatic heterocycles. The summed E-state index contributed by atoms with van der Waals surface area (Å²) in [6.07, 6.45) is -1.61. The van der Waals surface area contributed by atoms with Crippen LogP contribution >= 0.6 is 0 Å². The lowest BCUT2D eigenvalue weighted by Gasteiger charge is -2.25. The SMILES string of the molecule is C[C@@H](C#N)OC(=O)[C@H]1COc2ccccc2O1. The largest absolute Gasteiger partial charge is 0.485 e. The van der Waals surface area contributed by atoms with Gasteiger partial charge in [0.25, 0.3) is 0 Å². The van der Waals surface area contributed by atoms with Gasteiger partial charge in [0.15, 0.2) is 17.6 Å². The lowest BCUT2D eigenvalue weighted by molar-refractivity contribution is -0.156. The number of hydrogen-bond donors (Lipinski definition) is 0. The number of hydrogen-bond acceptors (Lipinski definition) is 5. The number of fused-ring (bicyclic) bond motifs is 1. The Morgan fingerprint density at radius 3 is 2.94 bits per heavy atom. The van der Waals surface area contributed by atoms with Crippen molar-refractivity contribution in [3.63, 3.8) is 0 Å². The molecular weight excluding hydrogens is 222 g/mol. The smallest absolute Gasteiger partial charge is 0.352 e. The van der Waals surface area contributed by atoms with Crippen molar-refractivity contribution in [3.05, 3.63) is 24.3 Å². The number of esters is 1. The summed E-state index contributed by atoms with van der Waals surface area (Å²) in [5.41, 5.74) is 0. The van der Waals surface area contributed by atoms with Crippen molar-refractivity contribution in [2.45, 2.75) is 19.1 Å². The second kappa shape index (κ2) is 4.74. The van der Waals surface area contributed by atoms with E-state index in [0.717, 1.165) is 0 Å². The van der Waals surface area contributed by atoms with Crippen molar-refractivity contribution >= 4 is 5.97 Å². The molecule has 1 aromatic rings. The van der Waals surface area contributed by atoms with Gasteiger partial charge < -0.3 is 14.2 Å². The monoisotopic (exact) mass is 233 g/mol. The maximum absolute atomic E-state index is 11.6. The van der Waals surface area contributed by atoms with Crippen LogP contribution in [0.3, 0.4) is 0 Å². The zero-order chi connectivity index (χ0) is 12.3. The zero-order valence-corrected chi connectivity index (χ0v) is 9.25. The molecule has 0 bridgehead atoms. The second-order valence-electron chi connectivity index (χ2n) is 3.57. The lowest BCUT2D eigenvalue weighted by atomic mass is 10.2. The Morgan fingerprint density at radius 2 is 2.24 bits per heavy atom. The van der Waals surface area contributed by atoms with Gasteiger partial charge in [-0.15, -0.1) is 0 Å². The van der Waals surface area contributed by atoms with Crippen LogP contribution in [0.5, 0.6) is 11.5 Å². The number of nitriles is 1. The molecule has 0 saturated heterocycles. The molecule has 0 unspecified atom stereocenters. The summed E-state index contributed by atoms with van der Waals surface area (Å²) in [4.78, 5) is 11.6. The normalized spacial score (nSPS) is 18.9. The third-order valence-electron chi connectivity index (χ3n) is 2.25. The molecule has 1 heterocycles. The Kier molecular flexibility index (Phi) is 3.15. The first-order chi connectivity index (χ1) is 8.20. The Bertz CT molecular complexity index is 466. The van der Waals surface area contributed by atoms with Crippen molar-refractivity contribution in [3.8, 4) is 17.6 Å². The van der Waals surface area contributed by atoms with E-state index in [2.05, 4.69) is 0 Å². The molecule has 1 aromatic carbocycles. The van der Waals surface area contributed by atoms with E-state index in [1.54, 1.807) is 18.2 Å². The van der Waals surface area contributed by atoms with E-state index in [1.165, 1.54) is 6.92 Å². The minimum absolute atomic E-state index is 0.0913. The van der Waals surface area contributed by atoms with Gasteiger partial charge in [-0.2, -0.15) is 5.26 Å². The molecule has 2 rings (SSSR count). The van der Waals surface area contributed by atoms with Crippen LogP contribution in [-0.4, -0.2) is 24.8 Å². The number of carbonyl (C=O) groups is 1. The van der Waals surface area contributed by atoms with Gasteiger partial charge in [-0.3, -0.25) is 0 Å². The van der Waals surface area contributed by atoms with Crippen molar-refractivity contribution < 1.29 is 19.0 Å². The Morgan fingerprint density at radius 1 is 1.53 bits per heavy atom. The lowest BCUT2D eigenvalue weighted by Crippen LogP contribution is -2.39. The van der Waals surface area contributed by atoms with Gasteiger partial charge in [-0.05, 0) is 19.1 Å². The molecule has 17 heavy (non-hydrogen) atoms.